The molecule has 0 aliphatic heterocycles. The Kier molecular flexibility index (Phi) is 10.8. The van der Waals surface area contributed by atoms with Crippen molar-refractivity contribution in [3.05, 3.63) is 235 Å². The number of allylic oxidation sites excluding steroid dienone is 9. The lowest BCUT2D eigenvalue weighted by atomic mass is 10.0. The third-order valence-corrected chi connectivity index (χ3v) is 12.0. The number of nitrogens with zero attached hydrogens (tertiary/aromatic N) is 3. The Morgan fingerprint density at radius 1 is 0.569 bits per heavy atom. The van der Waals surface area contributed by atoms with Crippen molar-refractivity contribution in [1.29, 1.82) is 0 Å². The van der Waals surface area contributed by atoms with Gasteiger partial charge in [0.15, 0.2) is 0 Å². The molecule has 0 spiro atoms. The number of hydrogen-bond donors (Lipinski definition) is 0. The average molecular weight is 768 g/mol. The molecule has 4 heteroatoms. The van der Waals surface area contributed by atoms with Gasteiger partial charge in [-0.15, -0.1) is 11.3 Å². The molecule has 2 aliphatic carbocycles. The number of aryl methyl sites for hydroxylation is 1. The number of thiophene rings is 1. The van der Waals surface area contributed by atoms with E-state index in [1.807, 2.05) is 17.4 Å². The highest BCUT2D eigenvalue weighted by molar-refractivity contribution is 7.19. The molecule has 0 saturated carbocycles. The molecule has 0 fully saturated rings. The van der Waals surface area contributed by atoms with Crippen LogP contribution in [0.4, 0.5) is 39.8 Å². The molecule has 0 atom stereocenters. The van der Waals surface area contributed by atoms with Crippen molar-refractivity contribution in [1.82, 2.24) is 0 Å². The first-order chi connectivity index (χ1) is 28.7. The third-order valence-electron chi connectivity index (χ3n) is 10.7. The van der Waals surface area contributed by atoms with Gasteiger partial charge in [-0.2, -0.15) is 0 Å². The van der Waals surface area contributed by atoms with E-state index in [0.717, 1.165) is 76.6 Å². The Morgan fingerprint density at radius 3 is 1.79 bits per heavy atom. The first kappa shape index (κ1) is 36.7. The molecule has 7 aromatic rings. The van der Waals surface area contributed by atoms with Crippen molar-refractivity contribution in [2.24, 2.45) is 0 Å². The van der Waals surface area contributed by atoms with Crippen LogP contribution in [0.2, 0.25) is 0 Å². The molecule has 0 unspecified atom stereocenters. The minimum atomic E-state index is 0.949. The molecule has 0 bridgehead atoms. The second-order valence-electron chi connectivity index (χ2n) is 14.5. The summed E-state index contributed by atoms with van der Waals surface area (Å²) in [6.07, 6.45) is 24.0. The van der Waals surface area contributed by atoms with Crippen molar-refractivity contribution >= 4 is 72.9 Å². The summed E-state index contributed by atoms with van der Waals surface area (Å²) in [5.41, 5.74) is 12.4. The van der Waals surface area contributed by atoms with Crippen LogP contribution in [0.5, 0.6) is 0 Å². The van der Waals surface area contributed by atoms with Gasteiger partial charge in [0.05, 0.1) is 0 Å². The Hall–Kier alpha value is -6.88. The van der Waals surface area contributed by atoms with Crippen LogP contribution >= 0.6 is 11.3 Å². The number of benzene rings is 6. The minimum absolute atomic E-state index is 0.949. The average Bonchev–Trinajstić information content (AvgIpc) is 3.66. The predicted molar refractivity (Wildman–Crippen MR) is 251 cm³/mol. The molecule has 282 valence electrons. The van der Waals surface area contributed by atoms with Crippen LogP contribution in [0.3, 0.4) is 0 Å². The lowest BCUT2D eigenvalue weighted by Gasteiger charge is -2.32. The van der Waals surface area contributed by atoms with Crippen LogP contribution in [0, 0.1) is 0 Å². The first-order valence-electron chi connectivity index (χ1n) is 20.1. The maximum Gasteiger partial charge on any atom is 0.0488 e. The zero-order valence-corrected chi connectivity index (χ0v) is 33.3. The van der Waals surface area contributed by atoms with E-state index in [0.29, 0.717) is 0 Å². The summed E-state index contributed by atoms with van der Waals surface area (Å²) >= 11 is 1.93. The van der Waals surface area contributed by atoms with Crippen molar-refractivity contribution in [3.63, 3.8) is 0 Å². The van der Waals surface area contributed by atoms with Crippen molar-refractivity contribution in [2.75, 3.05) is 14.7 Å². The van der Waals surface area contributed by atoms with Gasteiger partial charge in [0.1, 0.15) is 0 Å². The fraction of sp³-hybridized carbons (Fsp3) is 0.0741. The van der Waals surface area contributed by atoms with Crippen LogP contribution < -0.4 is 14.7 Å². The minimum Gasteiger partial charge on any atom is -0.317 e. The summed E-state index contributed by atoms with van der Waals surface area (Å²) in [6, 6.07) is 56.4. The maximum atomic E-state index is 4.37. The summed E-state index contributed by atoms with van der Waals surface area (Å²) in [7, 11) is 0. The monoisotopic (exact) mass is 767 g/mol. The standard InChI is InChI=1S/C54H45N3S/c1-2-41(21-20-36-55(43-22-8-3-9-23-43)48-34-35-54-52(40-48)51-32-18-19-33-53(51)58-54)42-37-49(56(44-24-10-4-11-25-44)45-26-12-5-13-27-45)39-50(38-42)57(46-28-14-6-15-29-46)47-30-16-7-17-31-47/h2-16,18,20-30,32,34-40H,1,17,19,31,33H2/b36-20-,41-21+. The molecule has 58 heavy (non-hydrogen) atoms. The van der Waals surface area contributed by atoms with Gasteiger partial charge in [-0.3, -0.25) is 0 Å². The highest BCUT2D eigenvalue weighted by Gasteiger charge is 2.21. The highest BCUT2D eigenvalue weighted by atomic mass is 32.1. The quantitative estimate of drug-likeness (QED) is 0.115. The van der Waals surface area contributed by atoms with Gasteiger partial charge in [-0.05, 0) is 139 Å². The van der Waals surface area contributed by atoms with Gasteiger partial charge in [0, 0.05) is 66.7 Å². The highest BCUT2D eigenvalue weighted by Crippen LogP contribution is 2.43. The topological polar surface area (TPSA) is 9.72 Å². The van der Waals surface area contributed by atoms with Crippen LogP contribution in [0.1, 0.15) is 35.3 Å². The predicted octanol–water partition coefficient (Wildman–Crippen LogP) is 15.6. The Morgan fingerprint density at radius 2 is 1.17 bits per heavy atom. The lowest BCUT2D eigenvalue weighted by molar-refractivity contribution is 0.917. The smallest absolute Gasteiger partial charge is 0.0488 e. The Labute approximate surface area is 346 Å². The molecule has 0 N–H and O–H groups in total. The zero-order chi connectivity index (χ0) is 39.1. The number of fused-ring (bicyclic) bond motifs is 3. The second-order valence-corrected chi connectivity index (χ2v) is 15.6. The van der Waals surface area contributed by atoms with Crippen LogP contribution in [0.25, 0.3) is 21.7 Å². The Bertz CT molecular complexity index is 2650. The third kappa shape index (κ3) is 7.75. The van der Waals surface area contributed by atoms with E-state index in [-0.39, 0.29) is 0 Å². The molecule has 2 aliphatic rings. The number of anilines is 7. The first-order valence-corrected chi connectivity index (χ1v) is 20.9. The van der Waals surface area contributed by atoms with Crippen molar-refractivity contribution in [3.8, 4) is 0 Å². The molecule has 0 saturated heterocycles. The van der Waals surface area contributed by atoms with Crippen LogP contribution in [-0.2, 0) is 6.42 Å². The van der Waals surface area contributed by atoms with E-state index in [1.54, 1.807) is 0 Å². The molecule has 9 rings (SSSR count). The van der Waals surface area contributed by atoms with Gasteiger partial charge in [-0.1, -0.05) is 116 Å². The van der Waals surface area contributed by atoms with Crippen molar-refractivity contribution in [2.45, 2.75) is 25.7 Å². The normalized spacial score (nSPS) is 13.7. The molecule has 1 heterocycles. The van der Waals surface area contributed by atoms with Gasteiger partial charge < -0.3 is 14.7 Å². The fourth-order valence-corrected chi connectivity index (χ4v) is 9.16. The molecule has 3 nitrogen and oxygen atoms in total. The molecule has 6 aromatic carbocycles. The van der Waals surface area contributed by atoms with Gasteiger partial charge in [0.2, 0.25) is 0 Å². The van der Waals surface area contributed by atoms with E-state index in [2.05, 4.69) is 228 Å². The van der Waals surface area contributed by atoms with Gasteiger partial charge >= 0.3 is 0 Å². The summed E-state index contributed by atoms with van der Waals surface area (Å²) in [5.74, 6) is 0. The van der Waals surface area contributed by atoms with E-state index in [9.17, 15) is 0 Å². The second kappa shape index (κ2) is 17.1. The van der Waals surface area contributed by atoms with Crippen molar-refractivity contribution < 1.29 is 0 Å². The number of rotatable bonds is 12. The van der Waals surface area contributed by atoms with Crippen LogP contribution in [0.15, 0.2) is 219 Å². The fourth-order valence-electron chi connectivity index (χ4n) is 7.97. The summed E-state index contributed by atoms with van der Waals surface area (Å²) < 4.78 is 1.34. The number of para-hydroxylation sites is 4. The molecular formula is C54H45N3S. The number of hydrogen-bond acceptors (Lipinski definition) is 4. The summed E-state index contributed by atoms with van der Waals surface area (Å²) in [5, 5.41) is 1.32. The molecule has 0 radical (unpaired) electrons. The zero-order valence-electron chi connectivity index (χ0n) is 32.5. The SMILES string of the molecule is C=C/C(=C\C=C/N(c1ccccc1)c1ccc2sc3c(c2c1)C=CCC3)c1cc(N(C2=CC=CCC2)c2ccccc2)cc(N(c2ccccc2)c2ccccc2)c1. The van der Waals surface area contributed by atoms with E-state index < -0.39 is 0 Å². The maximum absolute atomic E-state index is 4.37. The van der Waals surface area contributed by atoms with E-state index in [4.69, 9.17) is 0 Å². The summed E-state index contributed by atoms with van der Waals surface area (Å²) in [6.45, 7) is 4.37. The Balaban J connectivity index is 1.18. The molecule has 1 aromatic heterocycles. The van der Waals surface area contributed by atoms with E-state index in [1.165, 1.54) is 26.2 Å². The largest absolute Gasteiger partial charge is 0.317 e. The summed E-state index contributed by atoms with van der Waals surface area (Å²) in [4.78, 5) is 8.51. The van der Waals surface area contributed by atoms with Crippen LogP contribution in [-0.4, -0.2) is 0 Å². The lowest BCUT2D eigenvalue weighted by Crippen LogP contribution is -2.18. The van der Waals surface area contributed by atoms with Gasteiger partial charge in [-0.25, -0.2) is 0 Å². The molecule has 0 amide bonds. The van der Waals surface area contributed by atoms with Gasteiger partial charge in [0.25, 0.3) is 0 Å². The van der Waals surface area contributed by atoms with E-state index >= 15 is 0 Å². The molecular weight excluding hydrogens is 723 g/mol.